The van der Waals surface area contributed by atoms with E-state index in [0.29, 0.717) is 11.1 Å². The van der Waals surface area contributed by atoms with Crippen molar-refractivity contribution >= 4 is 11.6 Å². The first-order chi connectivity index (χ1) is 9.19. The Hall–Kier alpha value is -0.640. The zero-order valence-electron chi connectivity index (χ0n) is 11.3. The van der Waals surface area contributed by atoms with Crippen LogP contribution >= 0.6 is 11.6 Å². The quantitative estimate of drug-likeness (QED) is 0.893. The summed E-state index contributed by atoms with van der Waals surface area (Å²) < 4.78 is 19.0. The summed E-state index contributed by atoms with van der Waals surface area (Å²) in [5, 5.41) is 3.91. The molecule has 0 saturated carbocycles. The van der Waals surface area contributed by atoms with Crippen LogP contribution in [0.25, 0.3) is 0 Å². The van der Waals surface area contributed by atoms with Crippen LogP contribution in [0.1, 0.15) is 31.2 Å². The van der Waals surface area contributed by atoms with Gasteiger partial charge in [-0.2, -0.15) is 0 Å². The van der Waals surface area contributed by atoms with Crippen LogP contribution in [0.2, 0.25) is 5.02 Å². The van der Waals surface area contributed by atoms with Gasteiger partial charge in [0.2, 0.25) is 0 Å². The van der Waals surface area contributed by atoms with E-state index in [-0.39, 0.29) is 11.9 Å². The molecular formula is C15H21ClFNO. The minimum absolute atomic E-state index is 0.233. The van der Waals surface area contributed by atoms with Crippen molar-refractivity contribution in [2.45, 2.75) is 44.2 Å². The van der Waals surface area contributed by atoms with Crippen molar-refractivity contribution in [2.75, 3.05) is 13.7 Å². The van der Waals surface area contributed by atoms with Crippen molar-refractivity contribution in [2.24, 2.45) is 0 Å². The lowest BCUT2D eigenvalue weighted by Crippen LogP contribution is -2.34. The highest BCUT2D eigenvalue weighted by molar-refractivity contribution is 6.31. The van der Waals surface area contributed by atoms with Gasteiger partial charge in [0.05, 0.1) is 6.10 Å². The van der Waals surface area contributed by atoms with E-state index in [1.165, 1.54) is 18.6 Å². The average Bonchev–Trinajstić information content (AvgIpc) is 2.43. The summed E-state index contributed by atoms with van der Waals surface area (Å²) in [7, 11) is 1.93. The second-order valence-electron chi connectivity index (χ2n) is 5.15. The lowest BCUT2D eigenvalue weighted by molar-refractivity contribution is 0.00568. The van der Waals surface area contributed by atoms with Crippen LogP contribution in [0.3, 0.4) is 0 Å². The average molecular weight is 286 g/mol. The van der Waals surface area contributed by atoms with E-state index in [2.05, 4.69) is 5.32 Å². The molecule has 0 spiro atoms. The van der Waals surface area contributed by atoms with Crippen molar-refractivity contribution in [3.63, 3.8) is 0 Å². The van der Waals surface area contributed by atoms with E-state index in [9.17, 15) is 4.39 Å². The summed E-state index contributed by atoms with van der Waals surface area (Å²) in [6.07, 6.45) is 5.52. The lowest BCUT2D eigenvalue weighted by Gasteiger charge is -2.27. The van der Waals surface area contributed by atoms with E-state index in [1.807, 2.05) is 7.05 Å². The van der Waals surface area contributed by atoms with Crippen molar-refractivity contribution in [3.05, 3.63) is 34.6 Å². The van der Waals surface area contributed by atoms with Crippen LogP contribution in [-0.4, -0.2) is 25.8 Å². The Bertz CT molecular complexity index is 407. The minimum atomic E-state index is -0.233. The van der Waals surface area contributed by atoms with Crippen molar-refractivity contribution in [1.29, 1.82) is 0 Å². The Morgan fingerprint density at radius 1 is 1.47 bits per heavy atom. The molecule has 2 atom stereocenters. The first kappa shape index (κ1) is 14.8. The normalized spacial score (nSPS) is 21.3. The van der Waals surface area contributed by atoms with Crippen molar-refractivity contribution in [3.8, 4) is 0 Å². The summed E-state index contributed by atoms with van der Waals surface area (Å²) in [6.45, 7) is 0.863. The highest BCUT2D eigenvalue weighted by Gasteiger charge is 2.19. The zero-order chi connectivity index (χ0) is 13.7. The van der Waals surface area contributed by atoms with Gasteiger partial charge in [-0.25, -0.2) is 4.39 Å². The third-order valence-corrected chi connectivity index (χ3v) is 4.07. The molecule has 0 aliphatic carbocycles. The maximum Gasteiger partial charge on any atom is 0.123 e. The Labute approximate surface area is 119 Å². The van der Waals surface area contributed by atoms with Gasteiger partial charge in [0.15, 0.2) is 0 Å². The van der Waals surface area contributed by atoms with E-state index >= 15 is 0 Å². The predicted molar refractivity (Wildman–Crippen MR) is 76.2 cm³/mol. The second kappa shape index (κ2) is 7.22. The molecule has 0 amide bonds. The fraction of sp³-hybridized carbons (Fsp3) is 0.600. The molecule has 1 aliphatic rings. The van der Waals surface area contributed by atoms with Crippen LogP contribution in [-0.2, 0) is 11.2 Å². The predicted octanol–water partition coefficient (Wildman–Crippen LogP) is 3.57. The molecular weight excluding hydrogens is 265 g/mol. The number of rotatable bonds is 5. The van der Waals surface area contributed by atoms with E-state index in [1.54, 1.807) is 6.07 Å². The Kier molecular flexibility index (Phi) is 5.61. The molecule has 106 valence electrons. The number of hydrogen-bond donors (Lipinski definition) is 1. The fourth-order valence-electron chi connectivity index (χ4n) is 2.58. The van der Waals surface area contributed by atoms with Crippen LogP contribution in [0.4, 0.5) is 4.39 Å². The molecule has 1 N–H and O–H groups in total. The molecule has 0 radical (unpaired) electrons. The van der Waals surface area contributed by atoms with Crippen LogP contribution in [0, 0.1) is 5.82 Å². The van der Waals surface area contributed by atoms with E-state index in [0.717, 1.165) is 37.9 Å². The van der Waals surface area contributed by atoms with Gasteiger partial charge in [0.25, 0.3) is 0 Å². The Balaban J connectivity index is 1.95. The molecule has 0 bridgehead atoms. The van der Waals surface area contributed by atoms with Crippen LogP contribution in [0.5, 0.6) is 0 Å². The van der Waals surface area contributed by atoms with E-state index in [4.69, 9.17) is 16.3 Å². The molecule has 2 unspecified atom stereocenters. The molecule has 1 saturated heterocycles. The molecule has 1 aliphatic heterocycles. The number of nitrogens with one attached hydrogen (secondary N) is 1. The van der Waals surface area contributed by atoms with Gasteiger partial charge in [-0.3, -0.25) is 0 Å². The smallest absolute Gasteiger partial charge is 0.123 e. The molecule has 1 heterocycles. The van der Waals surface area contributed by atoms with Gasteiger partial charge in [0.1, 0.15) is 5.82 Å². The number of ether oxygens (including phenoxy) is 1. The number of hydrogen-bond acceptors (Lipinski definition) is 2. The third kappa shape index (κ3) is 4.44. The Morgan fingerprint density at radius 3 is 3.00 bits per heavy atom. The molecule has 0 aromatic heterocycles. The highest BCUT2D eigenvalue weighted by Crippen LogP contribution is 2.22. The highest BCUT2D eigenvalue weighted by atomic mass is 35.5. The van der Waals surface area contributed by atoms with Crippen molar-refractivity contribution in [1.82, 2.24) is 5.32 Å². The second-order valence-corrected chi connectivity index (χ2v) is 5.56. The molecule has 1 aromatic carbocycles. The zero-order valence-corrected chi connectivity index (χ0v) is 12.0. The summed E-state index contributed by atoms with van der Waals surface area (Å²) >= 11 is 6.11. The number of likely N-dealkylation sites (N-methyl/N-ethyl adjacent to an activating group) is 1. The summed E-state index contributed by atoms with van der Waals surface area (Å²) in [5.74, 6) is -0.233. The minimum Gasteiger partial charge on any atom is -0.378 e. The number of benzene rings is 1. The lowest BCUT2D eigenvalue weighted by atomic mass is 9.97. The molecule has 19 heavy (non-hydrogen) atoms. The molecule has 4 heteroatoms. The molecule has 1 aromatic rings. The molecule has 2 nitrogen and oxygen atoms in total. The first-order valence-corrected chi connectivity index (χ1v) is 7.29. The maximum atomic E-state index is 13.3. The topological polar surface area (TPSA) is 21.3 Å². The molecule has 2 rings (SSSR count). The summed E-state index contributed by atoms with van der Waals surface area (Å²) in [6, 6.07) is 4.80. The molecule has 1 fully saturated rings. The summed E-state index contributed by atoms with van der Waals surface area (Å²) in [4.78, 5) is 0. The standard InChI is InChI=1S/C15H21ClFNO/c1-18-13(10-14-4-2-3-7-19-14)9-11-8-12(17)5-6-15(11)16/h5-6,8,13-14,18H,2-4,7,9-10H2,1H3. The largest absolute Gasteiger partial charge is 0.378 e. The SMILES string of the molecule is CNC(Cc1cc(F)ccc1Cl)CC1CCCCO1. The monoisotopic (exact) mass is 285 g/mol. The third-order valence-electron chi connectivity index (χ3n) is 3.70. The van der Waals surface area contributed by atoms with E-state index < -0.39 is 0 Å². The summed E-state index contributed by atoms with van der Waals surface area (Å²) in [5.41, 5.74) is 0.858. The van der Waals surface area contributed by atoms with Gasteiger partial charge >= 0.3 is 0 Å². The van der Waals surface area contributed by atoms with Gasteiger partial charge in [-0.15, -0.1) is 0 Å². The number of halogens is 2. The van der Waals surface area contributed by atoms with Gasteiger partial charge in [-0.1, -0.05) is 11.6 Å². The van der Waals surface area contributed by atoms with Crippen molar-refractivity contribution < 1.29 is 9.13 Å². The van der Waals surface area contributed by atoms with Gasteiger partial charge in [-0.05, 0) is 62.9 Å². The Morgan fingerprint density at radius 2 is 2.32 bits per heavy atom. The maximum absolute atomic E-state index is 13.3. The van der Waals surface area contributed by atoms with Crippen LogP contribution in [0.15, 0.2) is 18.2 Å². The van der Waals surface area contributed by atoms with Gasteiger partial charge < -0.3 is 10.1 Å². The van der Waals surface area contributed by atoms with Gasteiger partial charge in [0, 0.05) is 17.7 Å². The van der Waals surface area contributed by atoms with Crippen LogP contribution < -0.4 is 5.32 Å². The first-order valence-electron chi connectivity index (χ1n) is 6.92. The fourth-order valence-corrected chi connectivity index (χ4v) is 2.77.